The van der Waals surface area contributed by atoms with Crippen molar-refractivity contribution >= 4 is 45.3 Å². The third-order valence-corrected chi connectivity index (χ3v) is 5.79. The number of thioether (sulfide) groups is 1. The standard InChI is InChI=1S/C19H17BrFNO4S/c1-2-26-13-5-6-16-15(8-13)22(19(25)17(27-16)9-18(23)24)10-11-3-4-12(20)7-14(11)21/h3-8,17H,2,9-10H2,1H3,(H,23,24). The summed E-state index contributed by atoms with van der Waals surface area (Å²) >= 11 is 4.43. The van der Waals surface area contributed by atoms with Crippen LogP contribution in [0.4, 0.5) is 10.1 Å². The molecular formula is C19H17BrFNO4S. The molecule has 1 unspecified atom stereocenters. The van der Waals surface area contributed by atoms with E-state index in [1.54, 1.807) is 30.3 Å². The van der Waals surface area contributed by atoms with Gasteiger partial charge in [-0.15, -0.1) is 11.8 Å². The van der Waals surface area contributed by atoms with Crippen molar-refractivity contribution in [3.05, 3.63) is 52.3 Å². The highest BCUT2D eigenvalue weighted by molar-refractivity contribution is 9.10. The van der Waals surface area contributed by atoms with Gasteiger partial charge in [0.05, 0.1) is 30.5 Å². The molecule has 27 heavy (non-hydrogen) atoms. The minimum absolute atomic E-state index is 0.0111. The van der Waals surface area contributed by atoms with Crippen molar-refractivity contribution in [3.8, 4) is 5.75 Å². The molecule has 0 radical (unpaired) electrons. The molecule has 0 aromatic heterocycles. The summed E-state index contributed by atoms with van der Waals surface area (Å²) < 4.78 is 20.4. The van der Waals surface area contributed by atoms with Gasteiger partial charge in [-0.25, -0.2) is 4.39 Å². The maximum Gasteiger partial charge on any atom is 0.305 e. The van der Waals surface area contributed by atoms with E-state index < -0.39 is 17.0 Å². The first-order chi connectivity index (χ1) is 12.9. The fourth-order valence-electron chi connectivity index (χ4n) is 2.83. The maximum atomic E-state index is 14.3. The SMILES string of the molecule is CCOc1ccc2c(c1)N(Cc1ccc(Br)cc1F)C(=O)C(CC(=O)O)S2. The third-order valence-electron chi connectivity index (χ3n) is 4.05. The Balaban J connectivity index is 2.01. The molecule has 0 fully saturated rings. The summed E-state index contributed by atoms with van der Waals surface area (Å²) in [5.74, 6) is -1.24. The lowest BCUT2D eigenvalue weighted by Gasteiger charge is -2.33. The lowest BCUT2D eigenvalue weighted by atomic mass is 10.1. The number of benzene rings is 2. The summed E-state index contributed by atoms with van der Waals surface area (Å²) in [4.78, 5) is 26.3. The van der Waals surface area contributed by atoms with Crippen LogP contribution < -0.4 is 9.64 Å². The van der Waals surface area contributed by atoms with Crippen LogP contribution in [-0.4, -0.2) is 28.8 Å². The number of carboxylic acid groups (broad SMARTS) is 1. The minimum atomic E-state index is -1.05. The van der Waals surface area contributed by atoms with E-state index in [-0.39, 0.29) is 18.9 Å². The molecule has 8 heteroatoms. The Labute approximate surface area is 168 Å². The van der Waals surface area contributed by atoms with Gasteiger partial charge in [-0.1, -0.05) is 22.0 Å². The number of rotatable bonds is 6. The number of hydrogen-bond donors (Lipinski definition) is 1. The van der Waals surface area contributed by atoms with Gasteiger partial charge in [-0.2, -0.15) is 0 Å². The molecule has 1 N–H and O–H groups in total. The van der Waals surface area contributed by atoms with E-state index in [1.165, 1.54) is 22.7 Å². The molecule has 1 aliphatic heterocycles. The molecule has 1 atom stereocenters. The van der Waals surface area contributed by atoms with Crippen molar-refractivity contribution in [2.24, 2.45) is 0 Å². The first-order valence-corrected chi connectivity index (χ1v) is 9.97. The number of anilines is 1. The Morgan fingerprint density at radius 2 is 2.11 bits per heavy atom. The second kappa shape index (κ2) is 8.31. The molecule has 2 aromatic rings. The van der Waals surface area contributed by atoms with E-state index in [0.717, 1.165) is 4.90 Å². The maximum absolute atomic E-state index is 14.3. The predicted molar refractivity (Wildman–Crippen MR) is 105 cm³/mol. The molecule has 1 amide bonds. The molecule has 1 aliphatic rings. The summed E-state index contributed by atoms with van der Waals surface area (Å²) in [6, 6.07) is 9.96. The van der Waals surface area contributed by atoms with Crippen molar-refractivity contribution in [1.82, 2.24) is 0 Å². The van der Waals surface area contributed by atoms with Gasteiger partial charge in [0.2, 0.25) is 5.91 Å². The van der Waals surface area contributed by atoms with Crippen LogP contribution in [0.5, 0.6) is 5.75 Å². The van der Waals surface area contributed by atoms with E-state index in [4.69, 9.17) is 9.84 Å². The Morgan fingerprint density at radius 1 is 1.33 bits per heavy atom. The topological polar surface area (TPSA) is 66.8 Å². The first kappa shape index (κ1) is 19.7. The van der Waals surface area contributed by atoms with Crippen LogP contribution in [0.25, 0.3) is 0 Å². The molecule has 5 nitrogen and oxygen atoms in total. The Bertz CT molecular complexity index is 892. The minimum Gasteiger partial charge on any atom is -0.494 e. The van der Waals surface area contributed by atoms with Crippen LogP contribution in [0.1, 0.15) is 18.9 Å². The quantitative estimate of drug-likeness (QED) is 0.698. The average molecular weight is 454 g/mol. The van der Waals surface area contributed by atoms with Gasteiger partial charge < -0.3 is 14.7 Å². The lowest BCUT2D eigenvalue weighted by Crippen LogP contribution is -2.41. The van der Waals surface area contributed by atoms with E-state index >= 15 is 0 Å². The number of carbonyl (C=O) groups is 2. The number of ether oxygens (including phenoxy) is 1. The number of aliphatic carboxylic acids is 1. The van der Waals surface area contributed by atoms with Gasteiger partial charge in [0.15, 0.2) is 0 Å². The Morgan fingerprint density at radius 3 is 2.78 bits per heavy atom. The number of hydrogen-bond acceptors (Lipinski definition) is 4. The monoisotopic (exact) mass is 453 g/mol. The highest BCUT2D eigenvalue weighted by Crippen LogP contribution is 2.43. The number of carbonyl (C=O) groups excluding carboxylic acids is 1. The van der Waals surface area contributed by atoms with Crippen molar-refractivity contribution in [2.45, 2.75) is 30.0 Å². The molecule has 0 spiro atoms. The van der Waals surface area contributed by atoms with Crippen molar-refractivity contribution in [3.63, 3.8) is 0 Å². The summed E-state index contributed by atoms with van der Waals surface area (Å²) in [6.07, 6.45) is -0.296. The van der Waals surface area contributed by atoms with Gasteiger partial charge in [-0.3, -0.25) is 9.59 Å². The summed E-state index contributed by atoms with van der Waals surface area (Å²) in [5, 5.41) is 8.37. The molecule has 1 heterocycles. The van der Waals surface area contributed by atoms with Crippen LogP contribution >= 0.6 is 27.7 Å². The zero-order valence-electron chi connectivity index (χ0n) is 14.4. The molecule has 2 aromatic carbocycles. The van der Waals surface area contributed by atoms with Gasteiger partial charge in [-0.05, 0) is 31.2 Å². The number of carboxylic acids is 1. The summed E-state index contributed by atoms with van der Waals surface area (Å²) in [7, 11) is 0. The van der Waals surface area contributed by atoms with E-state index in [1.807, 2.05) is 6.92 Å². The molecule has 3 rings (SSSR count). The molecule has 142 valence electrons. The smallest absolute Gasteiger partial charge is 0.305 e. The zero-order chi connectivity index (χ0) is 19.6. The van der Waals surface area contributed by atoms with Crippen LogP contribution in [0.3, 0.4) is 0 Å². The zero-order valence-corrected chi connectivity index (χ0v) is 16.8. The number of fused-ring (bicyclic) bond motifs is 1. The predicted octanol–water partition coefficient (Wildman–Crippen LogP) is 4.47. The normalized spacial score (nSPS) is 16.2. The first-order valence-electron chi connectivity index (χ1n) is 8.29. The molecular weight excluding hydrogens is 437 g/mol. The summed E-state index contributed by atoms with van der Waals surface area (Å²) in [5.41, 5.74) is 0.945. The fraction of sp³-hybridized carbons (Fsp3) is 0.263. The molecule has 0 bridgehead atoms. The number of amides is 1. The van der Waals surface area contributed by atoms with E-state index in [9.17, 15) is 14.0 Å². The van der Waals surface area contributed by atoms with Crippen molar-refractivity contribution in [1.29, 1.82) is 0 Å². The molecule has 0 saturated carbocycles. The number of halogens is 2. The number of nitrogens with zero attached hydrogens (tertiary/aromatic N) is 1. The largest absolute Gasteiger partial charge is 0.494 e. The van der Waals surface area contributed by atoms with Crippen molar-refractivity contribution in [2.75, 3.05) is 11.5 Å². The van der Waals surface area contributed by atoms with Crippen LogP contribution in [-0.2, 0) is 16.1 Å². The van der Waals surface area contributed by atoms with Gasteiger partial charge in [0.25, 0.3) is 0 Å². The van der Waals surface area contributed by atoms with Gasteiger partial charge >= 0.3 is 5.97 Å². The fourth-order valence-corrected chi connectivity index (χ4v) is 4.36. The van der Waals surface area contributed by atoms with E-state index in [2.05, 4.69) is 15.9 Å². The Kier molecular flexibility index (Phi) is 6.06. The van der Waals surface area contributed by atoms with Crippen LogP contribution in [0.15, 0.2) is 45.8 Å². The van der Waals surface area contributed by atoms with Gasteiger partial charge in [0, 0.05) is 21.0 Å². The molecule has 0 saturated heterocycles. The van der Waals surface area contributed by atoms with Crippen LogP contribution in [0.2, 0.25) is 0 Å². The highest BCUT2D eigenvalue weighted by atomic mass is 79.9. The van der Waals surface area contributed by atoms with Crippen LogP contribution in [0, 0.1) is 5.82 Å². The average Bonchev–Trinajstić information content (AvgIpc) is 2.60. The lowest BCUT2D eigenvalue weighted by molar-refractivity contribution is -0.138. The Hall–Kier alpha value is -2.06. The second-order valence-corrected chi connectivity index (χ2v) is 8.09. The van der Waals surface area contributed by atoms with Crippen molar-refractivity contribution < 1.29 is 23.8 Å². The molecule has 0 aliphatic carbocycles. The highest BCUT2D eigenvalue weighted by Gasteiger charge is 2.35. The van der Waals surface area contributed by atoms with E-state index in [0.29, 0.717) is 28.1 Å². The van der Waals surface area contributed by atoms with Gasteiger partial charge in [0.1, 0.15) is 11.6 Å². The second-order valence-electron chi connectivity index (χ2n) is 5.93. The summed E-state index contributed by atoms with van der Waals surface area (Å²) in [6.45, 7) is 2.34. The third kappa shape index (κ3) is 4.44.